The maximum absolute atomic E-state index is 12.5. The Kier molecular flexibility index (Phi) is 6.78. The third-order valence-corrected chi connectivity index (χ3v) is 5.98. The molecule has 0 radical (unpaired) electrons. The topological polar surface area (TPSA) is 85.4 Å². The van der Waals surface area contributed by atoms with Gasteiger partial charge >= 0.3 is 0 Å². The van der Waals surface area contributed by atoms with E-state index >= 15 is 0 Å². The molecule has 0 saturated carbocycles. The van der Waals surface area contributed by atoms with Gasteiger partial charge in [0.25, 0.3) is 0 Å². The van der Waals surface area contributed by atoms with Crippen molar-refractivity contribution in [2.45, 2.75) is 31.2 Å². The van der Waals surface area contributed by atoms with Crippen LogP contribution in [-0.4, -0.2) is 41.6 Å². The molecule has 1 aromatic heterocycles. The maximum Gasteiger partial charge on any atom is 0.230 e. The Hall–Kier alpha value is -2.00. The largest absolute Gasteiger partial charge is 0.486 e. The van der Waals surface area contributed by atoms with Crippen LogP contribution in [0.1, 0.15) is 32.4 Å². The van der Waals surface area contributed by atoms with Crippen LogP contribution in [0.5, 0.6) is 11.5 Å². The van der Waals surface area contributed by atoms with Gasteiger partial charge in [-0.3, -0.25) is 4.79 Å². The third kappa shape index (κ3) is 5.26. The van der Waals surface area contributed by atoms with Crippen molar-refractivity contribution in [3.63, 3.8) is 0 Å². The summed E-state index contributed by atoms with van der Waals surface area (Å²) >= 11 is 2.85. The number of carbonyl (C=O) groups excluding carboxylic acids is 1. The van der Waals surface area contributed by atoms with Crippen LogP contribution in [-0.2, 0) is 4.79 Å². The number of nitrogens with zero attached hydrogens (tertiary/aromatic N) is 2. The first-order valence-corrected chi connectivity index (χ1v) is 10.8. The highest BCUT2D eigenvalue weighted by Crippen LogP contribution is 2.34. The molecule has 1 atom stereocenters. The van der Waals surface area contributed by atoms with Crippen LogP contribution in [0.4, 0.5) is 5.13 Å². The van der Waals surface area contributed by atoms with E-state index in [-0.39, 0.29) is 17.9 Å². The lowest BCUT2D eigenvalue weighted by molar-refractivity contribution is -0.119. The fourth-order valence-electron chi connectivity index (χ4n) is 2.72. The van der Waals surface area contributed by atoms with E-state index < -0.39 is 0 Å². The molecule has 0 spiro atoms. The van der Waals surface area contributed by atoms with E-state index in [1.54, 1.807) is 0 Å². The minimum Gasteiger partial charge on any atom is -0.486 e. The summed E-state index contributed by atoms with van der Waals surface area (Å²) in [6, 6.07) is 5.75. The van der Waals surface area contributed by atoms with Gasteiger partial charge in [0.15, 0.2) is 15.8 Å². The van der Waals surface area contributed by atoms with Crippen molar-refractivity contribution >= 4 is 34.1 Å². The van der Waals surface area contributed by atoms with Crippen LogP contribution < -0.4 is 20.1 Å². The molecule has 1 aromatic carbocycles. The first kappa shape index (κ1) is 19.8. The summed E-state index contributed by atoms with van der Waals surface area (Å²) < 4.78 is 12.0. The SMILES string of the molecule is CCNc1nnc(SCC(=O)N[C@@H](c2ccc3c(c2)OCCO3)C(C)C)s1. The Morgan fingerprint density at radius 1 is 1.26 bits per heavy atom. The summed E-state index contributed by atoms with van der Waals surface area (Å²) in [5.41, 5.74) is 1.01. The second kappa shape index (κ2) is 9.27. The highest BCUT2D eigenvalue weighted by molar-refractivity contribution is 8.01. The first-order chi connectivity index (χ1) is 13.1. The van der Waals surface area contributed by atoms with Crippen LogP contribution in [0.2, 0.25) is 0 Å². The summed E-state index contributed by atoms with van der Waals surface area (Å²) in [7, 11) is 0. The molecule has 0 bridgehead atoms. The van der Waals surface area contributed by atoms with Gasteiger partial charge in [0.1, 0.15) is 13.2 Å². The molecule has 0 fully saturated rings. The van der Waals surface area contributed by atoms with Crippen LogP contribution in [0, 0.1) is 5.92 Å². The fraction of sp³-hybridized carbons (Fsp3) is 0.500. The van der Waals surface area contributed by atoms with Gasteiger partial charge in [-0.25, -0.2) is 0 Å². The molecular weight excluding hydrogens is 384 g/mol. The molecule has 1 aliphatic heterocycles. The predicted molar refractivity (Wildman–Crippen MR) is 108 cm³/mol. The Morgan fingerprint density at radius 2 is 2.04 bits per heavy atom. The van der Waals surface area contributed by atoms with Gasteiger partial charge in [-0.2, -0.15) is 0 Å². The molecule has 7 nitrogen and oxygen atoms in total. The van der Waals surface area contributed by atoms with Crippen molar-refractivity contribution in [1.82, 2.24) is 15.5 Å². The lowest BCUT2D eigenvalue weighted by atomic mass is 9.95. The van der Waals surface area contributed by atoms with E-state index in [4.69, 9.17) is 9.47 Å². The Bertz CT molecular complexity index is 782. The molecule has 2 aromatic rings. The number of carbonyl (C=O) groups is 1. The monoisotopic (exact) mass is 408 g/mol. The van der Waals surface area contributed by atoms with Crippen molar-refractivity contribution in [3.05, 3.63) is 23.8 Å². The van der Waals surface area contributed by atoms with Crippen LogP contribution in [0.3, 0.4) is 0 Å². The minimum atomic E-state index is -0.0966. The van der Waals surface area contributed by atoms with Crippen molar-refractivity contribution in [2.24, 2.45) is 5.92 Å². The highest BCUT2D eigenvalue weighted by atomic mass is 32.2. The van der Waals surface area contributed by atoms with Gasteiger partial charge in [0.05, 0.1) is 11.8 Å². The lowest BCUT2D eigenvalue weighted by Gasteiger charge is -2.25. The molecule has 0 aliphatic carbocycles. The number of anilines is 1. The zero-order valence-corrected chi connectivity index (χ0v) is 17.3. The molecule has 2 N–H and O–H groups in total. The molecule has 3 rings (SSSR count). The van der Waals surface area contributed by atoms with Crippen LogP contribution in [0.25, 0.3) is 0 Å². The normalized spacial score (nSPS) is 14.1. The molecule has 1 aliphatic rings. The third-order valence-electron chi connectivity index (χ3n) is 3.97. The van der Waals surface area contributed by atoms with Gasteiger partial charge in [0.2, 0.25) is 11.0 Å². The van der Waals surface area contributed by atoms with Crippen molar-refractivity contribution < 1.29 is 14.3 Å². The number of hydrogen-bond donors (Lipinski definition) is 2. The standard InChI is InChI=1S/C18H24N4O3S2/c1-4-19-17-21-22-18(27-17)26-10-15(23)20-16(11(2)3)12-5-6-13-14(9-12)25-8-7-24-13/h5-6,9,11,16H,4,7-8,10H2,1-3H3,(H,19,21)(H,20,23)/t16-/m1/s1. The summed E-state index contributed by atoms with van der Waals surface area (Å²) in [4.78, 5) is 12.5. The van der Waals surface area contributed by atoms with Gasteiger partial charge in [-0.1, -0.05) is 43.0 Å². The molecule has 0 unspecified atom stereocenters. The van der Waals surface area contributed by atoms with E-state index in [0.717, 1.165) is 33.1 Å². The van der Waals surface area contributed by atoms with Gasteiger partial charge in [-0.05, 0) is 30.5 Å². The number of thioether (sulfide) groups is 1. The van der Waals surface area contributed by atoms with Gasteiger partial charge in [0, 0.05) is 6.54 Å². The van der Waals surface area contributed by atoms with Crippen LogP contribution in [0.15, 0.2) is 22.5 Å². The smallest absolute Gasteiger partial charge is 0.230 e. The summed E-state index contributed by atoms with van der Waals surface area (Å²) in [6.07, 6.45) is 0. The molecule has 9 heteroatoms. The number of amides is 1. The van der Waals surface area contributed by atoms with Gasteiger partial charge in [-0.15, -0.1) is 10.2 Å². The van der Waals surface area contributed by atoms with E-state index in [1.165, 1.54) is 23.1 Å². The second-order valence-corrected chi connectivity index (χ2v) is 8.58. The summed E-state index contributed by atoms with van der Waals surface area (Å²) in [5, 5.41) is 15.1. The molecule has 2 heterocycles. The van der Waals surface area contributed by atoms with E-state index in [1.807, 2.05) is 25.1 Å². The van der Waals surface area contributed by atoms with E-state index in [9.17, 15) is 4.79 Å². The highest BCUT2D eigenvalue weighted by Gasteiger charge is 2.21. The van der Waals surface area contributed by atoms with Crippen LogP contribution >= 0.6 is 23.1 Å². The zero-order valence-electron chi connectivity index (χ0n) is 15.7. The molecule has 146 valence electrons. The number of fused-ring (bicyclic) bond motifs is 1. The average molecular weight is 409 g/mol. The van der Waals surface area contributed by atoms with E-state index in [0.29, 0.717) is 19.0 Å². The Balaban J connectivity index is 1.61. The number of hydrogen-bond acceptors (Lipinski definition) is 8. The number of aromatic nitrogens is 2. The fourth-order valence-corrected chi connectivity index (χ4v) is 4.35. The quantitative estimate of drug-likeness (QED) is 0.648. The van der Waals surface area contributed by atoms with Crippen molar-refractivity contribution in [3.8, 4) is 11.5 Å². The number of ether oxygens (including phenoxy) is 2. The number of nitrogens with one attached hydrogen (secondary N) is 2. The van der Waals surface area contributed by atoms with Crippen molar-refractivity contribution in [1.29, 1.82) is 0 Å². The summed E-state index contributed by atoms with van der Waals surface area (Å²) in [5.74, 6) is 1.99. The van der Waals surface area contributed by atoms with Gasteiger partial charge < -0.3 is 20.1 Å². The first-order valence-electron chi connectivity index (χ1n) is 8.96. The van der Waals surface area contributed by atoms with E-state index in [2.05, 4.69) is 34.7 Å². The molecule has 27 heavy (non-hydrogen) atoms. The number of rotatable bonds is 8. The molecule has 0 saturated heterocycles. The Labute approximate surface area is 167 Å². The summed E-state index contributed by atoms with van der Waals surface area (Å²) in [6.45, 7) is 8.08. The average Bonchev–Trinajstić information content (AvgIpc) is 3.12. The maximum atomic E-state index is 12.5. The lowest BCUT2D eigenvalue weighted by Crippen LogP contribution is -2.33. The Morgan fingerprint density at radius 3 is 2.78 bits per heavy atom. The zero-order chi connectivity index (χ0) is 19.2. The predicted octanol–water partition coefficient (Wildman–Crippen LogP) is 3.35. The molecule has 1 amide bonds. The number of benzene rings is 1. The molecular formula is C18H24N4O3S2. The second-order valence-electron chi connectivity index (χ2n) is 6.38. The van der Waals surface area contributed by atoms with Crippen molar-refractivity contribution in [2.75, 3.05) is 30.8 Å². The minimum absolute atomic E-state index is 0.0335.